The Balaban J connectivity index is 2.36. The van der Waals surface area contributed by atoms with E-state index in [1.54, 1.807) is 0 Å². The molecule has 0 saturated carbocycles. The molecule has 3 N–H and O–H groups in total. The highest BCUT2D eigenvalue weighted by atomic mass is 32.2. The van der Waals surface area contributed by atoms with Crippen LogP contribution in [0.4, 0.5) is 10.1 Å². The number of rotatable bonds is 3. The van der Waals surface area contributed by atoms with Gasteiger partial charge in [0.2, 0.25) is 0 Å². The number of carboxylic acids is 1. The third kappa shape index (κ3) is 2.53. The molecular weight excluding hydrogens is 265 g/mol. The second-order valence-corrected chi connectivity index (χ2v) is 5.05. The van der Waals surface area contributed by atoms with Gasteiger partial charge in [-0.25, -0.2) is 14.2 Å². The molecule has 0 unspecified atom stereocenters. The van der Waals surface area contributed by atoms with Crippen LogP contribution in [0.15, 0.2) is 27.7 Å². The van der Waals surface area contributed by atoms with E-state index < -0.39 is 17.3 Å². The van der Waals surface area contributed by atoms with Crippen LogP contribution in [0.2, 0.25) is 0 Å². The summed E-state index contributed by atoms with van der Waals surface area (Å²) in [6.07, 6.45) is 1.38. The number of aromatic nitrogens is 2. The Morgan fingerprint density at radius 3 is 2.88 bits per heavy atom. The molecule has 1 aromatic heterocycles. The fraction of sp³-hybridized carbons (Fsp3) is 0. The number of nitrogen functional groups attached to an aromatic ring is 1. The summed E-state index contributed by atoms with van der Waals surface area (Å²) >= 11 is 2.29. The van der Waals surface area contributed by atoms with Crippen LogP contribution >= 0.6 is 23.3 Å². The first-order chi connectivity index (χ1) is 8.08. The lowest BCUT2D eigenvalue weighted by molar-refractivity contribution is 0.0692. The van der Waals surface area contributed by atoms with Crippen LogP contribution in [-0.2, 0) is 0 Å². The Morgan fingerprint density at radius 2 is 2.29 bits per heavy atom. The van der Waals surface area contributed by atoms with E-state index >= 15 is 0 Å². The lowest BCUT2D eigenvalue weighted by Gasteiger charge is -2.05. The van der Waals surface area contributed by atoms with Crippen molar-refractivity contribution in [3.05, 3.63) is 29.8 Å². The third-order valence-corrected chi connectivity index (χ3v) is 3.66. The zero-order valence-electron chi connectivity index (χ0n) is 8.25. The van der Waals surface area contributed by atoms with Crippen molar-refractivity contribution in [1.82, 2.24) is 9.36 Å². The minimum Gasteiger partial charge on any atom is -0.478 e. The molecule has 2 rings (SSSR count). The molecule has 0 fully saturated rings. The molecule has 0 bridgehead atoms. The van der Waals surface area contributed by atoms with Gasteiger partial charge < -0.3 is 10.8 Å². The second-order valence-electron chi connectivity index (χ2n) is 2.98. The first-order valence-electron chi connectivity index (χ1n) is 4.35. The molecule has 0 saturated heterocycles. The maximum Gasteiger partial charge on any atom is 0.338 e. The number of nitrogens with zero attached hydrogens (tertiary/aromatic N) is 2. The van der Waals surface area contributed by atoms with Crippen molar-refractivity contribution < 1.29 is 14.3 Å². The van der Waals surface area contributed by atoms with E-state index in [9.17, 15) is 9.18 Å². The van der Waals surface area contributed by atoms with Crippen molar-refractivity contribution in [2.24, 2.45) is 0 Å². The predicted molar refractivity (Wildman–Crippen MR) is 61.8 cm³/mol. The van der Waals surface area contributed by atoms with Gasteiger partial charge in [-0.15, -0.1) is 0 Å². The van der Waals surface area contributed by atoms with Gasteiger partial charge in [0.05, 0.1) is 5.56 Å². The summed E-state index contributed by atoms with van der Waals surface area (Å²) in [6, 6.07) is 2.19. The molecule has 5 nitrogen and oxygen atoms in total. The van der Waals surface area contributed by atoms with Gasteiger partial charge in [0.25, 0.3) is 0 Å². The SMILES string of the molecule is Nc1cc(C(=O)O)c(F)cc1Sc1ncns1. The monoisotopic (exact) mass is 271 g/mol. The van der Waals surface area contributed by atoms with Crippen LogP contribution in [0.1, 0.15) is 10.4 Å². The standard InChI is InChI=1S/C9H6FN3O2S2/c10-5-2-7(16-9-12-3-13-17-9)6(11)1-4(5)8(14)15/h1-3H,11H2,(H,14,15). The highest BCUT2D eigenvalue weighted by Gasteiger charge is 2.15. The fourth-order valence-corrected chi connectivity index (χ4v) is 2.58. The highest BCUT2D eigenvalue weighted by Crippen LogP contribution is 2.33. The van der Waals surface area contributed by atoms with Crippen LogP contribution in [0.25, 0.3) is 0 Å². The van der Waals surface area contributed by atoms with Crippen molar-refractivity contribution in [3.8, 4) is 0 Å². The molecule has 0 amide bonds. The van der Waals surface area contributed by atoms with Crippen molar-refractivity contribution >= 4 is 35.0 Å². The van der Waals surface area contributed by atoms with Gasteiger partial charge in [-0.3, -0.25) is 0 Å². The van der Waals surface area contributed by atoms with Crippen LogP contribution in [0.5, 0.6) is 0 Å². The first kappa shape index (κ1) is 11.8. The molecule has 0 aliphatic rings. The molecule has 0 aliphatic carbocycles. The summed E-state index contributed by atoms with van der Waals surface area (Å²) in [4.78, 5) is 15.0. The molecule has 17 heavy (non-hydrogen) atoms. The number of anilines is 1. The zero-order chi connectivity index (χ0) is 12.4. The van der Waals surface area contributed by atoms with Gasteiger partial charge in [0.1, 0.15) is 12.1 Å². The minimum absolute atomic E-state index is 0.198. The highest BCUT2D eigenvalue weighted by molar-refractivity contribution is 8.01. The zero-order valence-corrected chi connectivity index (χ0v) is 9.89. The number of halogens is 1. The summed E-state index contributed by atoms with van der Waals surface area (Å²) in [5.74, 6) is -2.17. The summed E-state index contributed by atoms with van der Waals surface area (Å²) < 4.78 is 17.8. The number of carbonyl (C=O) groups is 1. The van der Waals surface area contributed by atoms with Gasteiger partial charge in [-0.2, -0.15) is 4.37 Å². The third-order valence-electron chi connectivity index (χ3n) is 1.87. The first-order valence-corrected chi connectivity index (χ1v) is 5.93. The Kier molecular flexibility index (Phi) is 3.25. The van der Waals surface area contributed by atoms with E-state index in [0.717, 1.165) is 35.4 Å². The van der Waals surface area contributed by atoms with Crippen LogP contribution < -0.4 is 5.73 Å². The van der Waals surface area contributed by atoms with Gasteiger partial charge in [-0.1, -0.05) is 11.8 Å². The van der Waals surface area contributed by atoms with Crippen LogP contribution in [0, 0.1) is 5.82 Å². The Hall–Kier alpha value is -1.67. The number of benzene rings is 1. The molecular formula is C9H6FN3O2S2. The largest absolute Gasteiger partial charge is 0.478 e. The Labute approximate surface area is 104 Å². The number of hydrogen-bond donors (Lipinski definition) is 2. The maximum atomic E-state index is 13.4. The molecule has 1 aromatic carbocycles. The molecule has 0 aliphatic heterocycles. The molecule has 88 valence electrons. The number of nitrogens with two attached hydrogens (primary N) is 1. The Morgan fingerprint density at radius 1 is 1.53 bits per heavy atom. The molecule has 8 heteroatoms. The van der Waals surface area contributed by atoms with Crippen LogP contribution in [0.3, 0.4) is 0 Å². The quantitative estimate of drug-likeness (QED) is 0.831. The van der Waals surface area contributed by atoms with Gasteiger partial charge in [0.15, 0.2) is 4.34 Å². The molecule has 0 radical (unpaired) electrons. The van der Waals surface area contributed by atoms with Crippen molar-refractivity contribution in [2.45, 2.75) is 9.24 Å². The van der Waals surface area contributed by atoms with Crippen molar-refractivity contribution in [2.75, 3.05) is 5.73 Å². The average molecular weight is 271 g/mol. The Bertz CT molecular complexity index is 560. The van der Waals surface area contributed by atoms with E-state index in [0.29, 0.717) is 9.24 Å². The summed E-state index contributed by atoms with van der Waals surface area (Å²) in [7, 11) is 0. The van der Waals surface area contributed by atoms with E-state index in [4.69, 9.17) is 10.8 Å². The molecule has 0 spiro atoms. The second kappa shape index (κ2) is 4.68. The summed E-state index contributed by atoms with van der Waals surface area (Å²) in [6.45, 7) is 0. The molecule has 2 aromatic rings. The number of aromatic carboxylic acids is 1. The van der Waals surface area contributed by atoms with E-state index in [-0.39, 0.29) is 5.69 Å². The van der Waals surface area contributed by atoms with E-state index in [1.165, 1.54) is 6.33 Å². The van der Waals surface area contributed by atoms with Gasteiger partial charge >= 0.3 is 5.97 Å². The lowest BCUT2D eigenvalue weighted by Crippen LogP contribution is -2.03. The van der Waals surface area contributed by atoms with E-state index in [2.05, 4.69) is 9.36 Å². The van der Waals surface area contributed by atoms with Crippen molar-refractivity contribution in [3.63, 3.8) is 0 Å². The fourth-order valence-electron chi connectivity index (χ4n) is 1.13. The lowest BCUT2D eigenvalue weighted by atomic mass is 10.2. The molecule has 0 atom stereocenters. The minimum atomic E-state index is -1.35. The maximum absolute atomic E-state index is 13.4. The van der Waals surface area contributed by atoms with Gasteiger partial charge in [0, 0.05) is 10.6 Å². The average Bonchev–Trinajstić information content (AvgIpc) is 2.75. The number of hydrogen-bond acceptors (Lipinski definition) is 6. The normalized spacial score (nSPS) is 10.4. The predicted octanol–water partition coefficient (Wildman–Crippen LogP) is 2.11. The summed E-state index contributed by atoms with van der Waals surface area (Å²) in [5, 5.41) is 8.72. The van der Waals surface area contributed by atoms with Crippen LogP contribution in [-0.4, -0.2) is 20.4 Å². The number of carboxylic acid groups (broad SMARTS) is 1. The smallest absolute Gasteiger partial charge is 0.338 e. The van der Waals surface area contributed by atoms with E-state index in [1.807, 2.05) is 0 Å². The van der Waals surface area contributed by atoms with Crippen molar-refractivity contribution in [1.29, 1.82) is 0 Å². The molecule has 1 heterocycles. The topological polar surface area (TPSA) is 89.1 Å². The van der Waals surface area contributed by atoms with Gasteiger partial charge in [-0.05, 0) is 23.7 Å². The summed E-state index contributed by atoms with van der Waals surface area (Å²) in [5.41, 5.74) is 5.41.